The predicted molar refractivity (Wildman–Crippen MR) is 100 cm³/mol. The molecule has 2 heterocycles. The molecule has 128 valence electrons. The van der Waals surface area contributed by atoms with Crippen LogP contribution in [-0.2, 0) is 17.9 Å². The number of aromatic nitrogens is 1. The van der Waals surface area contributed by atoms with Crippen LogP contribution in [0.3, 0.4) is 0 Å². The van der Waals surface area contributed by atoms with Crippen molar-refractivity contribution in [2.45, 2.75) is 13.1 Å². The van der Waals surface area contributed by atoms with E-state index in [1.807, 2.05) is 33.9 Å². The number of hydrogen-bond acceptors (Lipinski definition) is 2. The number of amides is 1. The molecule has 0 radical (unpaired) electrons. The molecular weight excluding hydrogens is 310 g/mol. The second-order valence-corrected chi connectivity index (χ2v) is 6.64. The predicted octanol–water partition coefficient (Wildman–Crippen LogP) is 2.99. The fourth-order valence-corrected chi connectivity index (χ4v) is 3.52. The number of carbonyl (C=O) groups is 1. The second kappa shape index (κ2) is 7.11. The number of hydrogen-bond donors (Lipinski definition) is 0. The van der Waals surface area contributed by atoms with Crippen LogP contribution in [0.4, 0.5) is 0 Å². The summed E-state index contributed by atoms with van der Waals surface area (Å²) in [4.78, 5) is 17.1. The largest absolute Gasteiger partial charge is 0.339 e. The molecule has 1 amide bonds. The van der Waals surface area contributed by atoms with E-state index in [1.165, 1.54) is 10.9 Å². The highest BCUT2D eigenvalue weighted by Crippen LogP contribution is 2.16. The minimum atomic E-state index is 0.209. The molecule has 3 aromatic rings. The van der Waals surface area contributed by atoms with E-state index in [0.29, 0.717) is 6.54 Å². The van der Waals surface area contributed by atoms with Gasteiger partial charge in [-0.15, -0.1) is 0 Å². The molecule has 1 aliphatic heterocycles. The van der Waals surface area contributed by atoms with Crippen molar-refractivity contribution in [3.8, 4) is 0 Å². The Morgan fingerprint density at radius 1 is 0.840 bits per heavy atom. The molecule has 2 aromatic carbocycles. The standard InChI is InChI=1S/C21H23N3O/c25-21(17-24-11-10-19-8-4-5-9-20(19)24)23-14-12-22(13-15-23)16-18-6-2-1-3-7-18/h1-11H,12-17H2. The molecule has 0 saturated carbocycles. The summed E-state index contributed by atoms with van der Waals surface area (Å²) in [5.74, 6) is 0.209. The van der Waals surface area contributed by atoms with Crippen molar-refractivity contribution in [2.75, 3.05) is 26.2 Å². The molecule has 0 spiro atoms. The lowest BCUT2D eigenvalue weighted by molar-refractivity contribution is -0.133. The first-order valence-corrected chi connectivity index (χ1v) is 8.87. The number of carbonyl (C=O) groups excluding carboxylic acids is 1. The van der Waals surface area contributed by atoms with Crippen LogP contribution in [0.5, 0.6) is 0 Å². The van der Waals surface area contributed by atoms with Gasteiger partial charge in [-0.1, -0.05) is 48.5 Å². The van der Waals surface area contributed by atoms with Crippen LogP contribution in [0.2, 0.25) is 0 Å². The number of para-hydroxylation sites is 1. The average molecular weight is 333 g/mol. The molecule has 0 atom stereocenters. The quantitative estimate of drug-likeness (QED) is 0.734. The maximum atomic E-state index is 12.7. The summed E-state index contributed by atoms with van der Waals surface area (Å²) < 4.78 is 2.05. The van der Waals surface area contributed by atoms with Crippen LogP contribution >= 0.6 is 0 Å². The Balaban J connectivity index is 1.33. The number of piperazine rings is 1. The lowest BCUT2D eigenvalue weighted by Crippen LogP contribution is -2.49. The van der Waals surface area contributed by atoms with Crippen molar-refractivity contribution in [3.63, 3.8) is 0 Å². The highest BCUT2D eigenvalue weighted by molar-refractivity contribution is 5.83. The Morgan fingerprint density at radius 3 is 2.36 bits per heavy atom. The minimum absolute atomic E-state index is 0.209. The van der Waals surface area contributed by atoms with Crippen LogP contribution in [0.1, 0.15) is 5.56 Å². The fraction of sp³-hybridized carbons (Fsp3) is 0.286. The summed E-state index contributed by atoms with van der Waals surface area (Å²) >= 11 is 0. The summed E-state index contributed by atoms with van der Waals surface area (Å²) in [7, 11) is 0. The van der Waals surface area contributed by atoms with Gasteiger partial charge in [0.1, 0.15) is 6.54 Å². The van der Waals surface area contributed by atoms with E-state index in [1.54, 1.807) is 0 Å². The summed E-state index contributed by atoms with van der Waals surface area (Å²) in [5, 5.41) is 1.18. The SMILES string of the molecule is O=C(Cn1ccc2ccccc21)N1CCN(Cc2ccccc2)CC1. The van der Waals surface area contributed by atoms with Gasteiger partial charge in [0.2, 0.25) is 5.91 Å². The van der Waals surface area contributed by atoms with Crippen LogP contribution in [0.25, 0.3) is 10.9 Å². The summed E-state index contributed by atoms with van der Waals surface area (Å²) in [6.07, 6.45) is 2.01. The van der Waals surface area contributed by atoms with Gasteiger partial charge in [-0.2, -0.15) is 0 Å². The van der Waals surface area contributed by atoms with Gasteiger partial charge in [-0.05, 0) is 23.1 Å². The summed E-state index contributed by atoms with van der Waals surface area (Å²) in [6.45, 7) is 4.88. The molecule has 1 aromatic heterocycles. The van der Waals surface area contributed by atoms with Gasteiger partial charge in [0, 0.05) is 44.4 Å². The third kappa shape index (κ3) is 3.59. The smallest absolute Gasteiger partial charge is 0.242 e. The zero-order chi connectivity index (χ0) is 17.1. The Labute approximate surface area is 148 Å². The van der Waals surface area contributed by atoms with Crippen molar-refractivity contribution < 1.29 is 4.79 Å². The van der Waals surface area contributed by atoms with E-state index in [4.69, 9.17) is 0 Å². The molecule has 25 heavy (non-hydrogen) atoms. The van der Waals surface area contributed by atoms with Gasteiger partial charge in [-0.3, -0.25) is 9.69 Å². The molecule has 1 saturated heterocycles. The van der Waals surface area contributed by atoms with Crippen LogP contribution < -0.4 is 0 Å². The maximum absolute atomic E-state index is 12.7. The first-order chi connectivity index (χ1) is 12.3. The molecule has 0 bridgehead atoms. The average Bonchev–Trinajstić information content (AvgIpc) is 3.06. The minimum Gasteiger partial charge on any atom is -0.339 e. The van der Waals surface area contributed by atoms with E-state index in [0.717, 1.165) is 38.2 Å². The Bertz CT molecular complexity index is 848. The molecule has 0 aliphatic carbocycles. The Morgan fingerprint density at radius 2 is 1.56 bits per heavy atom. The van der Waals surface area contributed by atoms with Crippen LogP contribution in [0, 0.1) is 0 Å². The first-order valence-electron chi connectivity index (χ1n) is 8.87. The van der Waals surface area contributed by atoms with Gasteiger partial charge >= 0.3 is 0 Å². The Hall–Kier alpha value is -2.59. The molecule has 1 aliphatic rings. The van der Waals surface area contributed by atoms with Gasteiger partial charge in [0.25, 0.3) is 0 Å². The fourth-order valence-electron chi connectivity index (χ4n) is 3.52. The summed E-state index contributed by atoms with van der Waals surface area (Å²) in [5.41, 5.74) is 2.46. The van der Waals surface area contributed by atoms with Crippen molar-refractivity contribution in [1.82, 2.24) is 14.4 Å². The normalized spacial score (nSPS) is 15.6. The monoisotopic (exact) mass is 333 g/mol. The first kappa shape index (κ1) is 15.9. The highest BCUT2D eigenvalue weighted by Gasteiger charge is 2.21. The zero-order valence-electron chi connectivity index (χ0n) is 14.3. The molecule has 0 N–H and O–H groups in total. The van der Waals surface area contributed by atoms with Gasteiger partial charge in [0.15, 0.2) is 0 Å². The third-order valence-corrected chi connectivity index (χ3v) is 4.96. The molecule has 4 heteroatoms. The van der Waals surface area contributed by atoms with Crippen LogP contribution in [0.15, 0.2) is 66.9 Å². The number of nitrogens with zero attached hydrogens (tertiary/aromatic N) is 3. The molecule has 4 nitrogen and oxygen atoms in total. The van der Waals surface area contributed by atoms with Crippen molar-refractivity contribution in [2.24, 2.45) is 0 Å². The Kier molecular flexibility index (Phi) is 4.53. The maximum Gasteiger partial charge on any atom is 0.242 e. The number of fused-ring (bicyclic) bond motifs is 1. The van der Waals surface area contributed by atoms with E-state index in [2.05, 4.69) is 47.4 Å². The molecule has 4 rings (SSSR count). The number of benzene rings is 2. The molecule has 1 fully saturated rings. The lowest BCUT2D eigenvalue weighted by atomic mass is 10.2. The topological polar surface area (TPSA) is 28.5 Å². The van der Waals surface area contributed by atoms with E-state index in [-0.39, 0.29) is 5.91 Å². The highest BCUT2D eigenvalue weighted by atomic mass is 16.2. The van der Waals surface area contributed by atoms with Crippen LogP contribution in [-0.4, -0.2) is 46.5 Å². The lowest BCUT2D eigenvalue weighted by Gasteiger charge is -2.35. The van der Waals surface area contributed by atoms with Crippen molar-refractivity contribution in [1.29, 1.82) is 0 Å². The second-order valence-electron chi connectivity index (χ2n) is 6.64. The van der Waals surface area contributed by atoms with E-state index < -0.39 is 0 Å². The van der Waals surface area contributed by atoms with Gasteiger partial charge in [0.05, 0.1) is 0 Å². The van der Waals surface area contributed by atoms with Crippen molar-refractivity contribution in [3.05, 3.63) is 72.4 Å². The third-order valence-electron chi connectivity index (χ3n) is 4.96. The number of rotatable bonds is 4. The zero-order valence-corrected chi connectivity index (χ0v) is 14.3. The van der Waals surface area contributed by atoms with E-state index in [9.17, 15) is 4.79 Å². The van der Waals surface area contributed by atoms with Gasteiger partial charge in [-0.25, -0.2) is 0 Å². The molecular formula is C21H23N3O. The molecule has 0 unspecified atom stereocenters. The van der Waals surface area contributed by atoms with Crippen molar-refractivity contribution >= 4 is 16.8 Å². The summed E-state index contributed by atoms with van der Waals surface area (Å²) in [6, 6.07) is 20.8. The van der Waals surface area contributed by atoms with Gasteiger partial charge < -0.3 is 9.47 Å². The van der Waals surface area contributed by atoms with E-state index >= 15 is 0 Å².